The summed E-state index contributed by atoms with van der Waals surface area (Å²) in [4.78, 5) is 10.9. The van der Waals surface area contributed by atoms with Crippen molar-refractivity contribution in [1.82, 2.24) is 9.78 Å². The number of aldehydes is 1. The van der Waals surface area contributed by atoms with Gasteiger partial charge in [0.05, 0.1) is 12.2 Å². The third kappa shape index (κ3) is 2.45. The normalized spacial score (nSPS) is 10.2. The highest BCUT2D eigenvalue weighted by Crippen LogP contribution is 2.22. The molecule has 0 saturated heterocycles. The molecule has 0 N–H and O–H groups in total. The van der Waals surface area contributed by atoms with E-state index in [0.717, 1.165) is 17.5 Å². The zero-order valence-electron chi connectivity index (χ0n) is 9.14. The van der Waals surface area contributed by atoms with Crippen LogP contribution in [0.5, 0.6) is 0 Å². The van der Waals surface area contributed by atoms with Crippen molar-refractivity contribution in [2.75, 3.05) is 0 Å². The standard InChI is InChI=1S/C13H11ClN2O/c1-2-6-16-12(9-17)8-13(15-16)10-4-3-5-11(14)7-10/h2-5,7-9H,1,6H2. The minimum atomic E-state index is 0.509. The van der Waals surface area contributed by atoms with Crippen molar-refractivity contribution in [2.24, 2.45) is 0 Å². The second-order valence-corrected chi connectivity index (χ2v) is 3.99. The molecule has 0 atom stereocenters. The molecule has 0 aliphatic heterocycles. The van der Waals surface area contributed by atoms with Crippen molar-refractivity contribution in [3.05, 3.63) is 53.7 Å². The maximum atomic E-state index is 10.9. The first kappa shape index (κ1) is 11.6. The highest BCUT2D eigenvalue weighted by atomic mass is 35.5. The van der Waals surface area contributed by atoms with Gasteiger partial charge in [-0.1, -0.05) is 29.8 Å². The number of carbonyl (C=O) groups excluding carboxylic acids is 1. The lowest BCUT2D eigenvalue weighted by Crippen LogP contribution is -2.01. The smallest absolute Gasteiger partial charge is 0.168 e. The van der Waals surface area contributed by atoms with Gasteiger partial charge in [0.25, 0.3) is 0 Å². The first-order chi connectivity index (χ1) is 8.24. The van der Waals surface area contributed by atoms with Crippen LogP contribution >= 0.6 is 11.6 Å². The predicted octanol–water partition coefficient (Wildman–Crippen LogP) is 3.20. The summed E-state index contributed by atoms with van der Waals surface area (Å²) in [5.74, 6) is 0. The monoisotopic (exact) mass is 246 g/mol. The molecule has 1 aromatic heterocycles. The molecule has 4 heteroatoms. The van der Waals surface area contributed by atoms with Gasteiger partial charge in [0, 0.05) is 10.6 Å². The van der Waals surface area contributed by atoms with Crippen molar-refractivity contribution in [2.45, 2.75) is 6.54 Å². The average molecular weight is 247 g/mol. The zero-order valence-corrected chi connectivity index (χ0v) is 9.89. The lowest BCUT2D eigenvalue weighted by atomic mass is 10.1. The van der Waals surface area contributed by atoms with E-state index in [4.69, 9.17) is 11.6 Å². The number of hydrogen-bond donors (Lipinski definition) is 0. The topological polar surface area (TPSA) is 34.9 Å². The number of allylic oxidation sites excluding steroid dienone is 1. The molecule has 0 fully saturated rings. The summed E-state index contributed by atoms with van der Waals surface area (Å²) in [6.07, 6.45) is 2.48. The first-order valence-electron chi connectivity index (χ1n) is 5.14. The van der Waals surface area contributed by atoms with Gasteiger partial charge in [0.1, 0.15) is 5.69 Å². The van der Waals surface area contributed by atoms with Crippen LogP contribution in [0.25, 0.3) is 11.3 Å². The van der Waals surface area contributed by atoms with E-state index in [0.29, 0.717) is 17.3 Å². The number of hydrogen-bond acceptors (Lipinski definition) is 2. The number of carbonyl (C=O) groups is 1. The quantitative estimate of drug-likeness (QED) is 0.613. The number of aromatic nitrogens is 2. The Bertz CT molecular complexity index is 560. The van der Waals surface area contributed by atoms with Crippen molar-refractivity contribution in [3.8, 4) is 11.3 Å². The van der Waals surface area contributed by atoms with Crippen molar-refractivity contribution in [1.29, 1.82) is 0 Å². The van der Waals surface area contributed by atoms with E-state index < -0.39 is 0 Å². The Hall–Kier alpha value is -1.87. The molecule has 17 heavy (non-hydrogen) atoms. The van der Waals surface area contributed by atoms with Gasteiger partial charge in [0.2, 0.25) is 0 Å². The molecule has 2 aromatic rings. The van der Waals surface area contributed by atoms with Crippen LogP contribution in [0.1, 0.15) is 10.5 Å². The van der Waals surface area contributed by atoms with Crippen LogP contribution in [0, 0.1) is 0 Å². The van der Waals surface area contributed by atoms with E-state index in [9.17, 15) is 4.79 Å². The summed E-state index contributed by atoms with van der Waals surface area (Å²) >= 11 is 5.92. The Labute approximate surface area is 104 Å². The molecule has 0 bridgehead atoms. The van der Waals surface area contributed by atoms with E-state index in [1.54, 1.807) is 22.9 Å². The average Bonchev–Trinajstić information content (AvgIpc) is 2.73. The Balaban J connectivity index is 2.46. The molecule has 0 radical (unpaired) electrons. The molecule has 0 spiro atoms. The molecule has 86 valence electrons. The Morgan fingerprint density at radius 3 is 2.88 bits per heavy atom. The summed E-state index contributed by atoms with van der Waals surface area (Å²) in [5, 5.41) is 4.98. The number of halogens is 1. The molecule has 2 rings (SSSR count). The maximum absolute atomic E-state index is 10.9. The van der Waals surface area contributed by atoms with E-state index in [1.165, 1.54) is 0 Å². The summed E-state index contributed by atoms with van der Waals surface area (Å²) < 4.78 is 1.61. The van der Waals surface area contributed by atoms with Gasteiger partial charge in [-0.15, -0.1) is 6.58 Å². The number of rotatable bonds is 4. The zero-order chi connectivity index (χ0) is 12.3. The minimum Gasteiger partial charge on any atom is -0.296 e. The lowest BCUT2D eigenvalue weighted by Gasteiger charge is -1.98. The van der Waals surface area contributed by atoms with Gasteiger partial charge in [-0.2, -0.15) is 5.10 Å². The molecule has 0 unspecified atom stereocenters. The third-order valence-corrected chi connectivity index (χ3v) is 2.59. The second kappa shape index (κ2) is 4.97. The molecule has 0 amide bonds. The van der Waals surface area contributed by atoms with Crippen LogP contribution in [-0.4, -0.2) is 16.1 Å². The molecule has 0 aliphatic carbocycles. The predicted molar refractivity (Wildman–Crippen MR) is 68.3 cm³/mol. The van der Waals surface area contributed by atoms with E-state index >= 15 is 0 Å². The molecule has 3 nitrogen and oxygen atoms in total. The second-order valence-electron chi connectivity index (χ2n) is 3.55. The van der Waals surface area contributed by atoms with Crippen LogP contribution in [0.3, 0.4) is 0 Å². The van der Waals surface area contributed by atoms with Crippen molar-refractivity contribution in [3.63, 3.8) is 0 Å². The van der Waals surface area contributed by atoms with Crippen molar-refractivity contribution >= 4 is 17.9 Å². The van der Waals surface area contributed by atoms with Crippen LogP contribution in [-0.2, 0) is 6.54 Å². The van der Waals surface area contributed by atoms with E-state index in [2.05, 4.69) is 11.7 Å². The number of benzene rings is 1. The summed E-state index contributed by atoms with van der Waals surface area (Å²) in [6, 6.07) is 9.11. The van der Waals surface area contributed by atoms with Gasteiger partial charge >= 0.3 is 0 Å². The fourth-order valence-corrected chi connectivity index (χ4v) is 1.77. The summed E-state index contributed by atoms with van der Waals surface area (Å²) in [7, 11) is 0. The van der Waals surface area contributed by atoms with Crippen molar-refractivity contribution < 1.29 is 4.79 Å². The van der Waals surface area contributed by atoms with Crippen LogP contribution < -0.4 is 0 Å². The molecular formula is C13H11ClN2O. The van der Waals surface area contributed by atoms with Gasteiger partial charge in [-0.05, 0) is 18.2 Å². The third-order valence-electron chi connectivity index (χ3n) is 2.35. The van der Waals surface area contributed by atoms with Gasteiger partial charge in [0.15, 0.2) is 6.29 Å². The Morgan fingerprint density at radius 1 is 1.41 bits per heavy atom. The molecule has 1 aromatic carbocycles. The van der Waals surface area contributed by atoms with E-state index in [-0.39, 0.29) is 0 Å². The van der Waals surface area contributed by atoms with Gasteiger partial charge < -0.3 is 0 Å². The summed E-state index contributed by atoms with van der Waals surface area (Å²) in [5.41, 5.74) is 2.15. The molecule has 1 heterocycles. The lowest BCUT2D eigenvalue weighted by molar-refractivity contribution is 0.111. The van der Waals surface area contributed by atoms with Crippen LogP contribution in [0.15, 0.2) is 43.0 Å². The van der Waals surface area contributed by atoms with E-state index in [1.807, 2.05) is 18.2 Å². The fraction of sp³-hybridized carbons (Fsp3) is 0.0769. The highest BCUT2D eigenvalue weighted by Gasteiger charge is 2.08. The maximum Gasteiger partial charge on any atom is 0.168 e. The largest absolute Gasteiger partial charge is 0.296 e. The Kier molecular flexibility index (Phi) is 3.40. The molecular weight excluding hydrogens is 236 g/mol. The first-order valence-corrected chi connectivity index (χ1v) is 5.52. The van der Waals surface area contributed by atoms with Crippen LogP contribution in [0.4, 0.5) is 0 Å². The highest BCUT2D eigenvalue weighted by molar-refractivity contribution is 6.30. The SMILES string of the molecule is C=CCn1nc(-c2cccc(Cl)c2)cc1C=O. The summed E-state index contributed by atoms with van der Waals surface area (Å²) in [6.45, 7) is 4.14. The molecule has 0 saturated carbocycles. The van der Waals surface area contributed by atoms with Gasteiger partial charge in [-0.3, -0.25) is 9.48 Å². The molecule has 0 aliphatic rings. The minimum absolute atomic E-state index is 0.509. The fourth-order valence-electron chi connectivity index (χ4n) is 1.58. The van der Waals surface area contributed by atoms with Gasteiger partial charge in [-0.25, -0.2) is 0 Å². The Morgan fingerprint density at radius 2 is 2.24 bits per heavy atom. The number of nitrogens with zero attached hydrogens (tertiary/aromatic N) is 2. The van der Waals surface area contributed by atoms with Crippen LogP contribution in [0.2, 0.25) is 5.02 Å².